The van der Waals surface area contributed by atoms with Crippen molar-refractivity contribution in [2.24, 2.45) is 0 Å². The molecule has 21 heavy (non-hydrogen) atoms. The molecule has 0 fully saturated rings. The standard InChI is InChI=1S/C14H16IN3O3/c1-9(2)18(7-3-6-16)14(21)17-12-5-4-10(15)8-11(12)13(19)20/h4-5,8-9H,3,7H2,1-2H3,(H,17,21)(H,19,20). The Hall–Kier alpha value is -1.82. The van der Waals surface area contributed by atoms with Crippen molar-refractivity contribution in [3.8, 4) is 6.07 Å². The number of anilines is 1. The van der Waals surface area contributed by atoms with E-state index in [0.717, 1.165) is 3.57 Å². The number of hydrogen-bond donors (Lipinski definition) is 2. The minimum atomic E-state index is -1.10. The summed E-state index contributed by atoms with van der Waals surface area (Å²) in [4.78, 5) is 24.9. The minimum Gasteiger partial charge on any atom is -0.478 e. The highest BCUT2D eigenvalue weighted by atomic mass is 127. The lowest BCUT2D eigenvalue weighted by Crippen LogP contribution is -2.40. The highest BCUT2D eigenvalue weighted by Gasteiger charge is 2.19. The first-order valence-corrected chi connectivity index (χ1v) is 7.42. The zero-order valence-corrected chi connectivity index (χ0v) is 13.9. The summed E-state index contributed by atoms with van der Waals surface area (Å²) in [6.45, 7) is 3.97. The zero-order chi connectivity index (χ0) is 16.0. The topological polar surface area (TPSA) is 93.4 Å². The molecule has 1 aromatic carbocycles. The number of carbonyl (C=O) groups is 2. The summed E-state index contributed by atoms with van der Waals surface area (Å²) in [7, 11) is 0. The molecule has 1 aromatic rings. The summed E-state index contributed by atoms with van der Waals surface area (Å²) < 4.78 is 0.771. The Morgan fingerprint density at radius 3 is 2.67 bits per heavy atom. The number of rotatable bonds is 5. The Kier molecular flexibility index (Phi) is 6.42. The van der Waals surface area contributed by atoms with Crippen LogP contribution in [0.3, 0.4) is 0 Å². The molecule has 7 heteroatoms. The van der Waals surface area contributed by atoms with Gasteiger partial charge in [0.1, 0.15) is 0 Å². The molecule has 0 spiro atoms. The normalized spacial score (nSPS) is 10.0. The molecule has 0 heterocycles. The average molecular weight is 401 g/mol. The molecule has 0 aliphatic rings. The van der Waals surface area contributed by atoms with Gasteiger partial charge in [-0.2, -0.15) is 5.26 Å². The number of nitrogens with zero attached hydrogens (tertiary/aromatic N) is 2. The first-order valence-electron chi connectivity index (χ1n) is 6.34. The largest absolute Gasteiger partial charge is 0.478 e. The number of carboxylic acid groups (broad SMARTS) is 1. The molecule has 1 rings (SSSR count). The van der Waals surface area contributed by atoms with Crippen molar-refractivity contribution in [2.45, 2.75) is 26.3 Å². The fraction of sp³-hybridized carbons (Fsp3) is 0.357. The molecular weight excluding hydrogens is 385 g/mol. The number of nitrogens with one attached hydrogen (secondary N) is 1. The molecule has 0 bridgehead atoms. The molecule has 6 nitrogen and oxygen atoms in total. The van der Waals surface area contributed by atoms with Crippen molar-refractivity contribution < 1.29 is 14.7 Å². The molecule has 0 atom stereocenters. The monoisotopic (exact) mass is 401 g/mol. The number of urea groups is 1. The predicted molar refractivity (Wildman–Crippen MR) is 87.2 cm³/mol. The van der Waals surface area contributed by atoms with Crippen LogP contribution in [-0.2, 0) is 0 Å². The van der Waals surface area contributed by atoms with Crippen LogP contribution in [0.5, 0.6) is 0 Å². The van der Waals surface area contributed by atoms with E-state index < -0.39 is 12.0 Å². The van der Waals surface area contributed by atoms with Crippen LogP contribution < -0.4 is 5.32 Å². The lowest BCUT2D eigenvalue weighted by atomic mass is 10.2. The van der Waals surface area contributed by atoms with Gasteiger partial charge in [-0.1, -0.05) is 0 Å². The molecule has 0 saturated heterocycles. The lowest BCUT2D eigenvalue weighted by Gasteiger charge is -2.26. The van der Waals surface area contributed by atoms with Crippen molar-refractivity contribution in [2.75, 3.05) is 11.9 Å². The molecular formula is C14H16IN3O3. The summed E-state index contributed by atoms with van der Waals surface area (Å²) in [6.07, 6.45) is 0.226. The molecule has 0 unspecified atom stereocenters. The zero-order valence-electron chi connectivity index (χ0n) is 11.8. The van der Waals surface area contributed by atoms with E-state index in [4.69, 9.17) is 5.26 Å². The van der Waals surface area contributed by atoms with Crippen LogP contribution in [0.25, 0.3) is 0 Å². The molecule has 0 radical (unpaired) electrons. The Bertz CT molecular complexity index is 581. The van der Waals surface area contributed by atoms with Crippen molar-refractivity contribution in [3.05, 3.63) is 27.3 Å². The van der Waals surface area contributed by atoms with Crippen LogP contribution in [0.15, 0.2) is 18.2 Å². The molecule has 2 amide bonds. The van der Waals surface area contributed by atoms with E-state index in [2.05, 4.69) is 5.32 Å². The van der Waals surface area contributed by atoms with Crippen molar-refractivity contribution >= 4 is 40.3 Å². The SMILES string of the molecule is CC(C)N(CCC#N)C(=O)Nc1ccc(I)cc1C(=O)O. The number of benzene rings is 1. The number of carbonyl (C=O) groups excluding carboxylic acids is 1. The number of carboxylic acids is 1. The smallest absolute Gasteiger partial charge is 0.337 e. The third-order valence-corrected chi connectivity index (χ3v) is 3.47. The summed E-state index contributed by atoms with van der Waals surface area (Å²) in [5.41, 5.74) is 0.287. The highest BCUT2D eigenvalue weighted by Crippen LogP contribution is 2.20. The van der Waals surface area contributed by atoms with E-state index in [1.807, 2.05) is 42.5 Å². The molecule has 0 aliphatic heterocycles. The third kappa shape index (κ3) is 4.90. The Morgan fingerprint density at radius 2 is 2.14 bits per heavy atom. The number of halogens is 1. The van der Waals surface area contributed by atoms with Gasteiger partial charge in [-0.3, -0.25) is 0 Å². The summed E-state index contributed by atoms with van der Waals surface area (Å²) >= 11 is 2.01. The second kappa shape index (κ2) is 7.83. The van der Waals surface area contributed by atoms with E-state index in [-0.39, 0.29) is 23.7 Å². The Labute approximate surface area is 136 Å². The van der Waals surface area contributed by atoms with Crippen LogP contribution in [0, 0.1) is 14.9 Å². The number of nitriles is 1. The Balaban J connectivity index is 2.96. The maximum atomic E-state index is 12.2. The molecule has 0 aromatic heterocycles. The summed E-state index contributed by atoms with van der Waals surface area (Å²) in [6, 6.07) is 6.27. The van der Waals surface area contributed by atoms with E-state index in [0.29, 0.717) is 6.54 Å². The summed E-state index contributed by atoms with van der Waals surface area (Å²) in [5.74, 6) is -1.10. The van der Waals surface area contributed by atoms with Crippen LogP contribution >= 0.6 is 22.6 Å². The van der Waals surface area contributed by atoms with Gasteiger partial charge in [-0.25, -0.2) is 9.59 Å². The lowest BCUT2D eigenvalue weighted by molar-refractivity contribution is 0.0698. The second-order valence-electron chi connectivity index (χ2n) is 4.62. The van der Waals surface area contributed by atoms with Crippen LogP contribution in [0.1, 0.15) is 30.6 Å². The maximum Gasteiger partial charge on any atom is 0.337 e. The maximum absolute atomic E-state index is 12.2. The van der Waals surface area contributed by atoms with Crippen molar-refractivity contribution in [1.82, 2.24) is 4.90 Å². The fourth-order valence-electron chi connectivity index (χ4n) is 1.75. The fourth-order valence-corrected chi connectivity index (χ4v) is 2.25. The predicted octanol–water partition coefficient (Wildman–Crippen LogP) is 3.15. The number of amides is 2. The van der Waals surface area contributed by atoms with Gasteiger partial charge in [0.05, 0.1) is 23.7 Å². The van der Waals surface area contributed by atoms with Gasteiger partial charge in [0.25, 0.3) is 0 Å². The van der Waals surface area contributed by atoms with Crippen molar-refractivity contribution in [1.29, 1.82) is 5.26 Å². The summed E-state index contributed by atoms with van der Waals surface area (Å²) in [5, 5.41) is 20.4. The van der Waals surface area contributed by atoms with E-state index >= 15 is 0 Å². The molecule has 0 saturated carbocycles. The Morgan fingerprint density at radius 1 is 1.48 bits per heavy atom. The number of hydrogen-bond acceptors (Lipinski definition) is 3. The van der Waals surface area contributed by atoms with Crippen molar-refractivity contribution in [3.63, 3.8) is 0 Å². The van der Waals surface area contributed by atoms with Gasteiger partial charge in [-0.15, -0.1) is 0 Å². The molecule has 112 valence electrons. The average Bonchev–Trinajstić information content (AvgIpc) is 2.40. The van der Waals surface area contributed by atoms with E-state index in [1.54, 1.807) is 12.1 Å². The van der Waals surface area contributed by atoms with E-state index in [1.165, 1.54) is 11.0 Å². The van der Waals surface area contributed by atoms with Crippen LogP contribution in [0.2, 0.25) is 0 Å². The molecule has 0 aliphatic carbocycles. The van der Waals surface area contributed by atoms with Crippen LogP contribution in [-0.4, -0.2) is 34.6 Å². The van der Waals surface area contributed by atoms with Gasteiger partial charge in [0, 0.05) is 16.2 Å². The van der Waals surface area contributed by atoms with Crippen LogP contribution in [0.4, 0.5) is 10.5 Å². The third-order valence-electron chi connectivity index (χ3n) is 2.80. The second-order valence-corrected chi connectivity index (χ2v) is 5.87. The van der Waals surface area contributed by atoms with Gasteiger partial charge in [0.2, 0.25) is 0 Å². The van der Waals surface area contributed by atoms with E-state index in [9.17, 15) is 14.7 Å². The van der Waals surface area contributed by atoms with Gasteiger partial charge in [0.15, 0.2) is 0 Å². The number of aromatic carboxylic acids is 1. The first-order chi connectivity index (χ1) is 9.86. The quantitative estimate of drug-likeness (QED) is 0.742. The van der Waals surface area contributed by atoms with Gasteiger partial charge < -0.3 is 15.3 Å². The highest BCUT2D eigenvalue weighted by molar-refractivity contribution is 14.1. The van der Waals surface area contributed by atoms with Gasteiger partial charge >= 0.3 is 12.0 Å². The minimum absolute atomic E-state index is 0.0410. The van der Waals surface area contributed by atoms with Gasteiger partial charge in [-0.05, 0) is 54.6 Å². The first kappa shape index (κ1) is 17.2. The molecule has 2 N–H and O–H groups in total.